The van der Waals surface area contributed by atoms with Gasteiger partial charge in [-0.3, -0.25) is 0 Å². The van der Waals surface area contributed by atoms with Crippen LogP contribution in [0.1, 0.15) is 29.5 Å². The molecule has 1 atom stereocenters. The molecular weight excluding hydrogens is 226 g/mol. The maximum atomic E-state index is 5.71. The molecule has 0 amide bonds. The minimum atomic E-state index is 0.449. The van der Waals surface area contributed by atoms with Crippen molar-refractivity contribution in [2.24, 2.45) is 5.73 Å². The van der Waals surface area contributed by atoms with Crippen LogP contribution in [0.5, 0.6) is 0 Å². The predicted molar refractivity (Wildman–Crippen MR) is 76.7 cm³/mol. The summed E-state index contributed by atoms with van der Waals surface area (Å²) in [7, 11) is 0. The number of hydrogen-bond acceptors (Lipinski definition) is 2. The van der Waals surface area contributed by atoms with Gasteiger partial charge in [0.2, 0.25) is 0 Å². The van der Waals surface area contributed by atoms with E-state index in [9.17, 15) is 0 Å². The van der Waals surface area contributed by atoms with Gasteiger partial charge in [-0.1, -0.05) is 30.7 Å². The highest BCUT2D eigenvalue weighted by Gasteiger charge is 2.09. The summed E-state index contributed by atoms with van der Waals surface area (Å²) in [6.45, 7) is 7.19. The first kappa shape index (κ1) is 12.3. The summed E-state index contributed by atoms with van der Waals surface area (Å²) in [5.74, 6) is 0.449. The topological polar surface area (TPSA) is 26.0 Å². The average Bonchev–Trinajstić information content (AvgIpc) is 2.80. The van der Waals surface area contributed by atoms with Crippen molar-refractivity contribution in [3.8, 4) is 10.4 Å². The largest absolute Gasteiger partial charge is 0.330 e. The molecule has 0 spiro atoms. The van der Waals surface area contributed by atoms with Gasteiger partial charge in [0.1, 0.15) is 0 Å². The van der Waals surface area contributed by atoms with Crippen molar-refractivity contribution in [3.63, 3.8) is 0 Å². The van der Waals surface area contributed by atoms with Gasteiger partial charge in [0.25, 0.3) is 0 Å². The summed E-state index contributed by atoms with van der Waals surface area (Å²) in [5, 5.41) is 2.23. The van der Waals surface area contributed by atoms with E-state index < -0.39 is 0 Å². The molecule has 0 saturated heterocycles. The summed E-state index contributed by atoms with van der Waals surface area (Å²) in [4.78, 5) is 1.35. The van der Waals surface area contributed by atoms with Crippen LogP contribution in [0.25, 0.3) is 10.4 Å². The van der Waals surface area contributed by atoms with E-state index in [1.165, 1.54) is 27.1 Å². The standard InChI is InChI=1S/C15H19NS/c1-10-4-5-11(2)14(6-10)15-7-13(9-17-15)12(3)8-16/h4-7,9,12H,8,16H2,1-3H3. The fraction of sp³-hybridized carbons (Fsp3) is 0.333. The maximum Gasteiger partial charge on any atom is 0.0348 e. The van der Waals surface area contributed by atoms with Crippen LogP contribution in [-0.2, 0) is 0 Å². The molecule has 0 aliphatic heterocycles. The van der Waals surface area contributed by atoms with Gasteiger partial charge in [-0.2, -0.15) is 0 Å². The van der Waals surface area contributed by atoms with Crippen molar-refractivity contribution in [2.45, 2.75) is 26.7 Å². The molecule has 2 rings (SSSR count). The minimum Gasteiger partial charge on any atom is -0.330 e. The summed E-state index contributed by atoms with van der Waals surface area (Å²) >= 11 is 1.81. The Kier molecular flexibility index (Phi) is 3.65. The predicted octanol–water partition coefficient (Wildman–Crippen LogP) is 4.09. The molecular formula is C15H19NS. The number of aryl methyl sites for hydroxylation is 2. The van der Waals surface area contributed by atoms with Crippen LogP contribution in [0, 0.1) is 13.8 Å². The summed E-state index contributed by atoms with van der Waals surface area (Å²) in [6, 6.07) is 8.90. The van der Waals surface area contributed by atoms with Crippen LogP contribution >= 0.6 is 11.3 Å². The SMILES string of the molecule is Cc1ccc(C)c(-c2cc(C(C)CN)cs2)c1. The van der Waals surface area contributed by atoms with Crippen molar-refractivity contribution in [1.82, 2.24) is 0 Å². The Morgan fingerprint density at radius 3 is 2.71 bits per heavy atom. The molecule has 1 nitrogen and oxygen atoms in total. The second kappa shape index (κ2) is 5.03. The molecule has 0 saturated carbocycles. The summed E-state index contributed by atoms with van der Waals surface area (Å²) in [6.07, 6.45) is 0. The van der Waals surface area contributed by atoms with Crippen LogP contribution in [0.2, 0.25) is 0 Å². The highest BCUT2D eigenvalue weighted by Crippen LogP contribution is 2.32. The average molecular weight is 245 g/mol. The Labute approximate surface area is 107 Å². The normalized spacial score (nSPS) is 12.7. The second-order valence-corrected chi connectivity index (χ2v) is 5.61. The van der Waals surface area contributed by atoms with Gasteiger partial charge in [-0.15, -0.1) is 11.3 Å². The Hall–Kier alpha value is -1.12. The van der Waals surface area contributed by atoms with E-state index in [0.29, 0.717) is 12.5 Å². The van der Waals surface area contributed by atoms with Gasteiger partial charge in [-0.25, -0.2) is 0 Å². The van der Waals surface area contributed by atoms with Gasteiger partial charge >= 0.3 is 0 Å². The Morgan fingerprint density at radius 1 is 1.24 bits per heavy atom. The third-order valence-electron chi connectivity index (χ3n) is 3.20. The monoisotopic (exact) mass is 245 g/mol. The Bertz CT molecular complexity index is 513. The molecule has 2 aromatic rings. The zero-order valence-electron chi connectivity index (χ0n) is 10.7. The van der Waals surface area contributed by atoms with Crippen LogP contribution in [-0.4, -0.2) is 6.54 Å². The first-order valence-corrected chi connectivity index (χ1v) is 6.86. The van der Waals surface area contributed by atoms with Crippen molar-refractivity contribution in [2.75, 3.05) is 6.54 Å². The fourth-order valence-corrected chi connectivity index (χ4v) is 3.00. The molecule has 1 heterocycles. The van der Waals surface area contributed by atoms with E-state index in [-0.39, 0.29) is 0 Å². The molecule has 0 fully saturated rings. The van der Waals surface area contributed by atoms with Crippen LogP contribution in [0.15, 0.2) is 29.6 Å². The van der Waals surface area contributed by atoms with E-state index in [1.54, 1.807) is 0 Å². The smallest absolute Gasteiger partial charge is 0.0348 e. The zero-order valence-corrected chi connectivity index (χ0v) is 11.5. The van der Waals surface area contributed by atoms with E-state index in [0.717, 1.165) is 0 Å². The molecule has 2 heteroatoms. The first-order valence-electron chi connectivity index (χ1n) is 5.98. The number of benzene rings is 1. The highest BCUT2D eigenvalue weighted by atomic mass is 32.1. The quantitative estimate of drug-likeness (QED) is 0.866. The van der Waals surface area contributed by atoms with Crippen molar-refractivity contribution in [1.29, 1.82) is 0 Å². The summed E-state index contributed by atoms with van der Waals surface area (Å²) in [5.41, 5.74) is 11.1. The summed E-state index contributed by atoms with van der Waals surface area (Å²) < 4.78 is 0. The van der Waals surface area contributed by atoms with E-state index >= 15 is 0 Å². The number of thiophene rings is 1. The van der Waals surface area contributed by atoms with E-state index in [4.69, 9.17) is 5.73 Å². The lowest BCUT2D eigenvalue weighted by molar-refractivity contribution is 0.778. The second-order valence-electron chi connectivity index (χ2n) is 4.70. The Morgan fingerprint density at radius 2 is 2.00 bits per heavy atom. The number of rotatable bonds is 3. The zero-order chi connectivity index (χ0) is 12.4. The van der Waals surface area contributed by atoms with Gasteiger partial charge < -0.3 is 5.73 Å². The van der Waals surface area contributed by atoms with Crippen molar-refractivity contribution >= 4 is 11.3 Å². The maximum absolute atomic E-state index is 5.71. The lowest BCUT2D eigenvalue weighted by Crippen LogP contribution is -2.07. The van der Waals surface area contributed by atoms with E-state index in [2.05, 4.69) is 50.4 Å². The third-order valence-corrected chi connectivity index (χ3v) is 4.18. The van der Waals surface area contributed by atoms with Gasteiger partial charge in [-0.05, 0) is 54.4 Å². The molecule has 2 N–H and O–H groups in total. The van der Waals surface area contributed by atoms with Gasteiger partial charge in [0.15, 0.2) is 0 Å². The molecule has 0 radical (unpaired) electrons. The lowest BCUT2D eigenvalue weighted by atomic mass is 10.0. The molecule has 0 bridgehead atoms. The molecule has 1 aromatic carbocycles. The third kappa shape index (κ3) is 2.59. The molecule has 1 aromatic heterocycles. The number of hydrogen-bond donors (Lipinski definition) is 1. The van der Waals surface area contributed by atoms with Gasteiger partial charge in [0.05, 0.1) is 0 Å². The van der Waals surface area contributed by atoms with Crippen molar-refractivity contribution < 1.29 is 0 Å². The molecule has 0 aliphatic carbocycles. The van der Waals surface area contributed by atoms with Crippen LogP contribution in [0.3, 0.4) is 0 Å². The Balaban J connectivity index is 2.40. The fourth-order valence-electron chi connectivity index (χ4n) is 1.89. The molecule has 17 heavy (non-hydrogen) atoms. The molecule has 90 valence electrons. The van der Waals surface area contributed by atoms with Crippen LogP contribution < -0.4 is 5.73 Å². The van der Waals surface area contributed by atoms with E-state index in [1.807, 2.05) is 11.3 Å². The van der Waals surface area contributed by atoms with Crippen molar-refractivity contribution in [3.05, 3.63) is 46.3 Å². The minimum absolute atomic E-state index is 0.449. The highest BCUT2D eigenvalue weighted by molar-refractivity contribution is 7.13. The molecule has 1 unspecified atom stereocenters. The molecule has 0 aliphatic rings. The number of nitrogens with two attached hydrogens (primary N) is 1. The lowest BCUT2D eigenvalue weighted by Gasteiger charge is -2.06. The first-order chi connectivity index (χ1) is 8.11. The van der Waals surface area contributed by atoms with Gasteiger partial charge in [0, 0.05) is 4.88 Å². The van der Waals surface area contributed by atoms with Crippen LogP contribution in [0.4, 0.5) is 0 Å².